The second-order valence-electron chi connectivity index (χ2n) is 5.39. The van der Waals surface area contributed by atoms with Crippen LogP contribution in [0.15, 0.2) is 28.7 Å². The molecule has 0 radical (unpaired) electrons. The fraction of sp³-hybridized carbons (Fsp3) is 0.500. The molecule has 0 aliphatic heterocycles. The number of hydrogen-bond acceptors (Lipinski definition) is 2. The third kappa shape index (κ3) is 3.70. The van der Waals surface area contributed by atoms with Gasteiger partial charge >= 0.3 is 6.18 Å². The maximum atomic E-state index is 12.7. The molecule has 0 spiro atoms. The van der Waals surface area contributed by atoms with Crippen LogP contribution in [0.3, 0.4) is 0 Å². The summed E-state index contributed by atoms with van der Waals surface area (Å²) < 4.78 is 39.0. The standard InChI is InChI=1S/C14H16BrF3N2O/c15-10-1-3-11(4-2-10)20-13(12(19)21)7-5-9(6-8-13)14(16,17)18/h1-4,9,20H,5-8H2,(H2,19,21). The van der Waals surface area contributed by atoms with Gasteiger partial charge in [-0.1, -0.05) is 15.9 Å². The van der Waals surface area contributed by atoms with Gasteiger partial charge in [0.25, 0.3) is 0 Å². The number of alkyl halides is 3. The highest BCUT2D eigenvalue weighted by molar-refractivity contribution is 9.10. The van der Waals surface area contributed by atoms with E-state index >= 15 is 0 Å². The molecule has 1 aromatic carbocycles. The van der Waals surface area contributed by atoms with Crippen molar-refractivity contribution in [1.82, 2.24) is 0 Å². The van der Waals surface area contributed by atoms with E-state index in [0.29, 0.717) is 5.69 Å². The lowest BCUT2D eigenvalue weighted by molar-refractivity contribution is -0.184. The second-order valence-corrected chi connectivity index (χ2v) is 6.31. The van der Waals surface area contributed by atoms with Crippen LogP contribution in [0, 0.1) is 5.92 Å². The van der Waals surface area contributed by atoms with E-state index in [2.05, 4.69) is 21.2 Å². The molecule has 0 saturated heterocycles. The molecule has 1 aromatic rings. The molecule has 0 heterocycles. The quantitative estimate of drug-likeness (QED) is 0.855. The lowest BCUT2D eigenvalue weighted by atomic mass is 9.75. The lowest BCUT2D eigenvalue weighted by Crippen LogP contribution is -2.53. The Morgan fingerprint density at radius 1 is 1.24 bits per heavy atom. The highest BCUT2D eigenvalue weighted by Crippen LogP contribution is 2.42. The molecule has 0 aromatic heterocycles. The summed E-state index contributed by atoms with van der Waals surface area (Å²) in [5.74, 6) is -1.96. The molecule has 0 unspecified atom stereocenters. The van der Waals surface area contributed by atoms with Crippen LogP contribution in [0.2, 0.25) is 0 Å². The van der Waals surface area contributed by atoms with Crippen LogP contribution in [0.25, 0.3) is 0 Å². The average Bonchev–Trinajstić information content (AvgIpc) is 2.41. The van der Waals surface area contributed by atoms with E-state index in [-0.39, 0.29) is 25.7 Å². The van der Waals surface area contributed by atoms with Gasteiger partial charge in [-0.3, -0.25) is 4.79 Å². The Morgan fingerprint density at radius 2 is 1.76 bits per heavy atom. The molecule has 3 N–H and O–H groups in total. The minimum absolute atomic E-state index is 0.0859. The van der Waals surface area contributed by atoms with Crippen LogP contribution >= 0.6 is 15.9 Å². The molecular weight excluding hydrogens is 349 g/mol. The van der Waals surface area contributed by atoms with E-state index in [1.54, 1.807) is 24.3 Å². The van der Waals surface area contributed by atoms with Gasteiger partial charge in [-0.2, -0.15) is 13.2 Å². The van der Waals surface area contributed by atoms with Gasteiger partial charge in [-0.25, -0.2) is 0 Å². The summed E-state index contributed by atoms with van der Waals surface area (Å²) in [5.41, 5.74) is 5.01. The number of benzene rings is 1. The van der Waals surface area contributed by atoms with Gasteiger partial charge in [0.1, 0.15) is 5.54 Å². The lowest BCUT2D eigenvalue weighted by Gasteiger charge is -2.39. The SMILES string of the molecule is NC(=O)C1(Nc2ccc(Br)cc2)CCC(C(F)(F)F)CC1. The minimum Gasteiger partial charge on any atom is -0.371 e. The normalized spacial score (nSPS) is 26.4. The van der Waals surface area contributed by atoms with Gasteiger partial charge in [0.05, 0.1) is 5.92 Å². The number of halogens is 4. The molecule has 2 rings (SSSR count). The maximum Gasteiger partial charge on any atom is 0.391 e. The van der Waals surface area contributed by atoms with Crippen molar-refractivity contribution in [3.05, 3.63) is 28.7 Å². The molecule has 3 nitrogen and oxygen atoms in total. The van der Waals surface area contributed by atoms with E-state index in [4.69, 9.17) is 5.73 Å². The first kappa shape index (κ1) is 16.1. The fourth-order valence-corrected chi connectivity index (χ4v) is 2.94. The molecule has 1 aliphatic carbocycles. The Balaban J connectivity index is 2.13. The zero-order valence-corrected chi connectivity index (χ0v) is 12.8. The smallest absolute Gasteiger partial charge is 0.371 e. The molecular formula is C14H16BrF3N2O. The van der Waals surface area contributed by atoms with Crippen LogP contribution in [-0.4, -0.2) is 17.6 Å². The molecule has 116 valence electrons. The zero-order chi connectivity index (χ0) is 15.7. The first-order valence-corrected chi connectivity index (χ1v) is 7.43. The molecule has 1 fully saturated rings. The van der Waals surface area contributed by atoms with Crippen molar-refractivity contribution < 1.29 is 18.0 Å². The summed E-state index contributed by atoms with van der Waals surface area (Å²) in [4.78, 5) is 11.8. The van der Waals surface area contributed by atoms with Gasteiger partial charge in [0.2, 0.25) is 5.91 Å². The Morgan fingerprint density at radius 3 is 2.19 bits per heavy atom. The largest absolute Gasteiger partial charge is 0.391 e. The zero-order valence-electron chi connectivity index (χ0n) is 11.2. The molecule has 0 atom stereocenters. The average molecular weight is 365 g/mol. The van der Waals surface area contributed by atoms with Crippen molar-refractivity contribution in [3.63, 3.8) is 0 Å². The van der Waals surface area contributed by atoms with Gasteiger partial charge < -0.3 is 11.1 Å². The monoisotopic (exact) mass is 364 g/mol. The van der Waals surface area contributed by atoms with E-state index in [1.807, 2.05) is 0 Å². The maximum absolute atomic E-state index is 12.7. The first-order valence-electron chi connectivity index (χ1n) is 6.63. The van der Waals surface area contributed by atoms with Gasteiger partial charge in [0, 0.05) is 10.2 Å². The van der Waals surface area contributed by atoms with Crippen LogP contribution in [0.1, 0.15) is 25.7 Å². The number of anilines is 1. The van der Waals surface area contributed by atoms with E-state index in [0.717, 1.165) is 4.47 Å². The van der Waals surface area contributed by atoms with Gasteiger partial charge in [-0.05, 0) is 49.9 Å². The third-order valence-electron chi connectivity index (χ3n) is 4.00. The van der Waals surface area contributed by atoms with E-state index < -0.39 is 23.5 Å². The Kier molecular flexibility index (Phi) is 4.51. The number of nitrogens with one attached hydrogen (secondary N) is 1. The number of carbonyl (C=O) groups excluding carboxylic acids is 1. The van der Waals surface area contributed by atoms with Crippen molar-refractivity contribution in [2.75, 3.05) is 5.32 Å². The minimum atomic E-state index is -4.21. The van der Waals surface area contributed by atoms with Crippen LogP contribution < -0.4 is 11.1 Å². The Labute approximate surface area is 129 Å². The molecule has 7 heteroatoms. The van der Waals surface area contributed by atoms with Crippen molar-refractivity contribution in [2.24, 2.45) is 11.7 Å². The van der Waals surface area contributed by atoms with Crippen LogP contribution in [-0.2, 0) is 4.79 Å². The molecule has 1 aliphatic rings. The Bertz CT molecular complexity index is 508. The highest BCUT2D eigenvalue weighted by atomic mass is 79.9. The highest BCUT2D eigenvalue weighted by Gasteiger charge is 2.48. The Hall–Kier alpha value is -1.24. The van der Waals surface area contributed by atoms with Crippen molar-refractivity contribution >= 4 is 27.5 Å². The molecule has 0 bridgehead atoms. The molecule has 1 amide bonds. The predicted molar refractivity (Wildman–Crippen MR) is 77.7 cm³/mol. The summed E-state index contributed by atoms with van der Waals surface area (Å²) in [6.45, 7) is 0. The number of primary amides is 1. The molecule has 1 saturated carbocycles. The summed E-state index contributed by atoms with van der Waals surface area (Å²) in [7, 11) is 0. The van der Waals surface area contributed by atoms with E-state index in [9.17, 15) is 18.0 Å². The number of hydrogen-bond donors (Lipinski definition) is 2. The summed E-state index contributed by atoms with van der Waals surface area (Å²) >= 11 is 3.30. The number of nitrogens with two attached hydrogens (primary N) is 1. The van der Waals surface area contributed by atoms with Gasteiger partial charge in [-0.15, -0.1) is 0 Å². The van der Waals surface area contributed by atoms with E-state index in [1.165, 1.54) is 0 Å². The second kappa shape index (κ2) is 5.87. The number of rotatable bonds is 3. The van der Waals surface area contributed by atoms with Crippen molar-refractivity contribution in [3.8, 4) is 0 Å². The third-order valence-corrected chi connectivity index (χ3v) is 4.53. The summed E-state index contributed by atoms with van der Waals surface area (Å²) in [6, 6.07) is 7.09. The van der Waals surface area contributed by atoms with Crippen molar-refractivity contribution in [1.29, 1.82) is 0 Å². The topological polar surface area (TPSA) is 55.1 Å². The van der Waals surface area contributed by atoms with Crippen molar-refractivity contribution in [2.45, 2.75) is 37.4 Å². The van der Waals surface area contributed by atoms with Gasteiger partial charge in [0.15, 0.2) is 0 Å². The molecule has 21 heavy (non-hydrogen) atoms. The number of amides is 1. The summed E-state index contributed by atoms with van der Waals surface area (Å²) in [6.07, 6.45) is -4.21. The van der Waals surface area contributed by atoms with Crippen LogP contribution in [0.5, 0.6) is 0 Å². The fourth-order valence-electron chi connectivity index (χ4n) is 2.68. The first-order chi connectivity index (χ1) is 9.73. The summed E-state index contributed by atoms with van der Waals surface area (Å²) in [5, 5.41) is 3.03. The number of carbonyl (C=O) groups is 1. The predicted octanol–water partition coefficient (Wildman–Crippen LogP) is 3.84. The van der Waals surface area contributed by atoms with Crippen LogP contribution in [0.4, 0.5) is 18.9 Å².